The standard InChI is InChI=1S/C28H58N2O2/c1-4-7-10-12-14-16-18-20-22-27(29-32)25-30(24-9-6-3)26-28(31)23-21-19-17-15-13-11-8-5-2/h27-28,31H,4-26H2,1-3H3. The van der Waals surface area contributed by atoms with Crippen LogP contribution in [-0.4, -0.2) is 41.8 Å². The molecule has 0 heterocycles. The normalized spacial score (nSPS) is 13.5. The van der Waals surface area contributed by atoms with Gasteiger partial charge in [-0.1, -0.05) is 135 Å². The summed E-state index contributed by atoms with van der Waals surface area (Å²) in [5.41, 5.74) is 0. The Bertz CT molecular complexity index is 378. The minimum absolute atomic E-state index is 0.123. The number of nitroso groups, excluding NO2 is 1. The average Bonchev–Trinajstić information content (AvgIpc) is 2.79. The van der Waals surface area contributed by atoms with Crippen LogP contribution in [0.4, 0.5) is 0 Å². The van der Waals surface area contributed by atoms with Crippen molar-refractivity contribution in [2.24, 2.45) is 5.18 Å². The van der Waals surface area contributed by atoms with Gasteiger partial charge < -0.3 is 5.11 Å². The highest BCUT2D eigenvalue weighted by molar-refractivity contribution is 4.74. The Morgan fingerprint density at radius 3 is 1.50 bits per heavy atom. The van der Waals surface area contributed by atoms with Gasteiger partial charge in [0.25, 0.3) is 0 Å². The molecule has 0 bridgehead atoms. The van der Waals surface area contributed by atoms with Crippen LogP contribution in [0.15, 0.2) is 5.18 Å². The summed E-state index contributed by atoms with van der Waals surface area (Å²) in [5.74, 6) is 0. The van der Waals surface area contributed by atoms with Crippen molar-refractivity contribution in [3.05, 3.63) is 4.91 Å². The van der Waals surface area contributed by atoms with Gasteiger partial charge >= 0.3 is 0 Å². The molecule has 2 atom stereocenters. The molecule has 4 nitrogen and oxygen atoms in total. The molecule has 0 radical (unpaired) electrons. The maximum Gasteiger partial charge on any atom is 0.105 e. The third-order valence-corrected chi connectivity index (χ3v) is 6.70. The summed E-state index contributed by atoms with van der Waals surface area (Å²) in [6.07, 6.45) is 24.5. The van der Waals surface area contributed by atoms with Gasteiger partial charge in [-0.2, -0.15) is 4.91 Å². The van der Waals surface area contributed by atoms with Gasteiger partial charge in [0.05, 0.1) is 6.10 Å². The number of hydrogen-bond donors (Lipinski definition) is 1. The summed E-state index contributed by atoms with van der Waals surface area (Å²) in [5, 5.41) is 14.0. The van der Waals surface area contributed by atoms with Crippen molar-refractivity contribution < 1.29 is 5.11 Å². The first kappa shape index (κ1) is 31.5. The molecule has 2 unspecified atom stereocenters. The molecule has 0 aromatic rings. The van der Waals surface area contributed by atoms with E-state index in [4.69, 9.17) is 0 Å². The van der Waals surface area contributed by atoms with Gasteiger partial charge in [0.1, 0.15) is 6.04 Å². The van der Waals surface area contributed by atoms with Crippen LogP contribution in [-0.2, 0) is 0 Å². The van der Waals surface area contributed by atoms with Gasteiger partial charge in [-0.05, 0) is 25.8 Å². The summed E-state index contributed by atoms with van der Waals surface area (Å²) >= 11 is 0. The van der Waals surface area contributed by atoms with E-state index >= 15 is 0 Å². The SMILES string of the molecule is CCCCCCCCCCC(O)CN(CCCC)CC(CCCCCCCCCC)N=O. The fraction of sp³-hybridized carbons (Fsp3) is 1.00. The highest BCUT2D eigenvalue weighted by Crippen LogP contribution is 2.15. The fourth-order valence-electron chi connectivity index (χ4n) is 4.53. The van der Waals surface area contributed by atoms with Crippen LogP contribution in [0.2, 0.25) is 0 Å². The lowest BCUT2D eigenvalue weighted by Gasteiger charge is -2.27. The minimum Gasteiger partial charge on any atom is -0.392 e. The van der Waals surface area contributed by atoms with Crippen LogP contribution >= 0.6 is 0 Å². The van der Waals surface area contributed by atoms with Gasteiger partial charge in [-0.15, -0.1) is 0 Å². The van der Waals surface area contributed by atoms with Crippen molar-refractivity contribution in [2.45, 2.75) is 161 Å². The fourth-order valence-corrected chi connectivity index (χ4v) is 4.53. The second-order valence-corrected chi connectivity index (χ2v) is 10.1. The molecular formula is C28H58N2O2. The van der Waals surface area contributed by atoms with E-state index in [1.54, 1.807) is 0 Å². The van der Waals surface area contributed by atoms with Crippen molar-refractivity contribution >= 4 is 0 Å². The Hall–Kier alpha value is -0.480. The van der Waals surface area contributed by atoms with E-state index < -0.39 is 0 Å². The molecule has 4 heteroatoms. The molecule has 0 saturated heterocycles. The molecule has 1 N–H and O–H groups in total. The molecule has 0 saturated carbocycles. The third-order valence-electron chi connectivity index (χ3n) is 6.70. The zero-order valence-corrected chi connectivity index (χ0v) is 22.2. The van der Waals surface area contributed by atoms with Crippen LogP contribution in [0, 0.1) is 4.91 Å². The number of aliphatic hydroxyl groups is 1. The van der Waals surface area contributed by atoms with E-state index in [0.29, 0.717) is 13.1 Å². The van der Waals surface area contributed by atoms with Gasteiger partial charge in [-0.25, -0.2) is 0 Å². The Labute approximate surface area is 201 Å². The van der Waals surface area contributed by atoms with E-state index in [1.165, 1.54) is 89.9 Å². The summed E-state index contributed by atoms with van der Waals surface area (Å²) in [6.45, 7) is 9.09. The van der Waals surface area contributed by atoms with Crippen LogP contribution in [0.5, 0.6) is 0 Å². The lowest BCUT2D eigenvalue weighted by molar-refractivity contribution is 0.0979. The van der Waals surface area contributed by atoms with Gasteiger partial charge in [0, 0.05) is 13.1 Å². The predicted molar refractivity (Wildman–Crippen MR) is 141 cm³/mol. The molecule has 0 aliphatic carbocycles. The summed E-state index contributed by atoms with van der Waals surface area (Å²) in [4.78, 5) is 13.7. The molecule has 192 valence electrons. The van der Waals surface area contributed by atoms with Crippen LogP contribution in [0.3, 0.4) is 0 Å². The molecular weight excluding hydrogens is 396 g/mol. The zero-order valence-electron chi connectivity index (χ0n) is 22.2. The van der Waals surface area contributed by atoms with E-state index in [0.717, 1.165) is 45.1 Å². The summed E-state index contributed by atoms with van der Waals surface area (Å²) < 4.78 is 0. The molecule has 0 rings (SSSR count). The minimum atomic E-state index is -0.276. The number of nitrogens with zero attached hydrogens (tertiary/aromatic N) is 2. The largest absolute Gasteiger partial charge is 0.392 e. The monoisotopic (exact) mass is 454 g/mol. The van der Waals surface area contributed by atoms with Crippen LogP contribution < -0.4 is 0 Å². The van der Waals surface area contributed by atoms with E-state index in [1.807, 2.05) is 0 Å². The van der Waals surface area contributed by atoms with Gasteiger partial charge in [-0.3, -0.25) is 4.90 Å². The molecule has 0 aliphatic heterocycles. The molecule has 0 fully saturated rings. The first-order valence-corrected chi connectivity index (χ1v) is 14.4. The van der Waals surface area contributed by atoms with Crippen molar-refractivity contribution in [2.75, 3.05) is 19.6 Å². The number of aliphatic hydroxyl groups excluding tert-OH is 1. The summed E-state index contributed by atoms with van der Waals surface area (Å²) in [6, 6.07) is -0.123. The highest BCUT2D eigenvalue weighted by atomic mass is 16.3. The first-order chi connectivity index (χ1) is 15.7. The lowest BCUT2D eigenvalue weighted by Crippen LogP contribution is -2.38. The molecule has 0 aromatic heterocycles. The van der Waals surface area contributed by atoms with Crippen molar-refractivity contribution in [1.29, 1.82) is 0 Å². The molecule has 0 aromatic carbocycles. The van der Waals surface area contributed by atoms with E-state index in [-0.39, 0.29) is 12.1 Å². The molecule has 0 amide bonds. The predicted octanol–water partition coefficient (Wildman–Crippen LogP) is 8.65. The Morgan fingerprint density at radius 1 is 0.594 bits per heavy atom. The van der Waals surface area contributed by atoms with Crippen LogP contribution in [0.25, 0.3) is 0 Å². The first-order valence-electron chi connectivity index (χ1n) is 14.4. The number of unbranched alkanes of at least 4 members (excludes halogenated alkanes) is 15. The topological polar surface area (TPSA) is 52.9 Å². The van der Waals surface area contributed by atoms with Crippen molar-refractivity contribution in [1.82, 2.24) is 4.90 Å². The molecule has 32 heavy (non-hydrogen) atoms. The number of hydrogen-bond acceptors (Lipinski definition) is 4. The average molecular weight is 455 g/mol. The van der Waals surface area contributed by atoms with Crippen LogP contribution in [0.1, 0.15) is 149 Å². The second kappa shape index (κ2) is 25.1. The van der Waals surface area contributed by atoms with Gasteiger partial charge in [0.2, 0.25) is 0 Å². The number of rotatable bonds is 26. The maximum absolute atomic E-state index is 11.4. The van der Waals surface area contributed by atoms with Crippen molar-refractivity contribution in [3.63, 3.8) is 0 Å². The smallest absolute Gasteiger partial charge is 0.105 e. The second-order valence-electron chi connectivity index (χ2n) is 10.1. The highest BCUT2D eigenvalue weighted by Gasteiger charge is 2.17. The lowest BCUT2D eigenvalue weighted by atomic mass is 10.0. The molecule has 0 aliphatic rings. The van der Waals surface area contributed by atoms with Crippen molar-refractivity contribution in [3.8, 4) is 0 Å². The van der Waals surface area contributed by atoms with E-state index in [9.17, 15) is 10.0 Å². The Morgan fingerprint density at radius 2 is 1.03 bits per heavy atom. The van der Waals surface area contributed by atoms with Gasteiger partial charge in [0.15, 0.2) is 0 Å². The summed E-state index contributed by atoms with van der Waals surface area (Å²) in [7, 11) is 0. The third kappa shape index (κ3) is 21.4. The quantitative estimate of drug-likeness (QED) is 0.105. The molecule has 0 spiro atoms. The maximum atomic E-state index is 11.4. The zero-order chi connectivity index (χ0) is 23.7. The Kier molecular flexibility index (Phi) is 24.8. The van der Waals surface area contributed by atoms with E-state index in [2.05, 4.69) is 30.8 Å². The Balaban J connectivity index is 4.05.